The molecule has 0 spiro atoms. The molecule has 1 unspecified atom stereocenters. The van der Waals surface area contributed by atoms with Gasteiger partial charge in [-0.3, -0.25) is 4.79 Å². The van der Waals surface area contributed by atoms with Gasteiger partial charge >= 0.3 is 0 Å². The number of halogens is 1. The van der Waals surface area contributed by atoms with Gasteiger partial charge in [-0.25, -0.2) is 4.98 Å². The summed E-state index contributed by atoms with van der Waals surface area (Å²) in [6.07, 6.45) is -0.0258. The molecule has 1 atom stereocenters. The highest BCUT2D eigenvalue weighted by Crippen LogP contribution is 2.30. The number of carbonyl (C=O) groups excluding carboxylic acids is 1. The van der Waals surface area contributed by atoms with E-state index in [1.807, 2.05) is 30.3 Å². The summed E-state index contributed by atoms with van der Waals surface area (Å²) in [4.78, 5) is 16.3. The standard InChI is InChI=1S/C14H17N3O2S.ClH/c1-19-11(8-15)7-12(18)17-14-13(16-9-20-14)10-5-3-2-4-6-10;/h2-6,9,11H,7-8,15H2,1H3,(H,17,18);1H. The lowest BCUT2D eigenvalue weighted by Crippen LogP contribution is -2.28. The Balaban J connectivity index is 0.00000220. The predicted octanol–water partition coefficient (Wildman–Crippen LogP) is 2.53. The van der Waals surface area contributed by atoms with Crippen molar-refractivity contribution in [2.45, 2.75) is 12.5 Å². The molecule has 2 rings (SSSR count). The maximum atomic E-state index is 12.0. The largest absolute Gasteiger partial charge is 0.380 e. The normalized spacial score (nSPS) is 11.5. The van der Waals surface area contributed by atoms with Crippen LogP contribution in [0.25, 0.3) is 11.3 Å². The molecule has 0 aliphatic carbocycles. The number of hydrogen-bond donors (Lipinski definition) is 2. The van der Waals surface area contributed by atoms with E-state index in [9.17, 15) is 4.79 Å². The van der Waals surface area contributed by atoms with Crippen LogP contribution in [0.4, 0.5) is 5.00 Å². The lowest BCUT2D eigenvalue weighted by Gasteiger charge is -2.12. The van der Waals surface area contributed by atoms with Crippen molar-refractivity contribution in [1.29, 1.82) is 0 Å². The summed E-state index contributed by atoms with van der Waals surface area (Å²) in [5, 5.41) is 3.61. The molecule has 0 aliphatic heterocycles. The Morgan fingerprint density at radius 2 is 2.14 bits per heavy atom. The van der Waals surface area contributed by atoms with Gasteiger partial charge in [0.05, 0.1) is 18.0 Å². The van der Waals surface area contributed by atoms with Crippen molar-refractivity contribution in [2.75, 3.05) is 19.0 Å². The molecule has 7 heteroatoms. The second-order valence-corrected chi connectivity index (χ2v) is 5.10. The van der Waals surface area contributed by atoms with Gasteiger partial charge in [-0.1, -0.05) is 30.3 Å². The van der Waals surface area contributed by atoms with E-state index in [0.29, 0.717) is 6.54 Å². The lowest BCUT2D eigenvalue weighted by atomic mass is 10.1. The van der Waals surface area contributed by atoms with E-state index in [0.717, 1.165) is 16.3 Å². The van der Waals surface area contributed by atoms with E-state index in [4.69, 9.17) is 10.5 Å². The summed E-state index contributed by atoms with van der Waals surface area (Å²) in [7, 11) is 1.55. The maximum absolute atomic E-state index is 12.0. The smallest absolute Gasteiger partial charge is 0.227 e. The summed E-state index contributed by atoms with van der Waals surface area (Å²) in [6, 6.07) is 9.75. The van der Waals surface area contributed by atoms with Crippen molar-refractivity contribution >= 4 is 34.7 Å². The number of nitrogens with two attached hydrogens (primary N) is 1. The minimum absolute atomic E-state index is 0. The van der Waals surface area contributed by atoms with Gasteiger partial charge in [0.25, 0.3) is 0 Å². The average molecular weight is 328 g/mol. The third-order valence-corrected chi connectivity index (χ3v) is 3.62. The van der Waals surface area contributed by atoms with Gasteiger partial charge in [0.2, 0.25) is 5.91 Å². The molecular weight excluding hydrogens is 310 g/mol. The molecule has 1 aromatic carbocycles. The summed E-state index contributed by atoms with van der Waals surface area (Å²) in [5.74, 6) is -0.122. The summed E-state index contributed by atoms with van der Waals surface area (Å²) in [6.45, 7) is 0.318. The van der Waals surface area contributed by atoms with E-state index in [1.165, 1.54) is 11.3 Å². The number of thiazole rings is 1. The molecule has 0 saturated heterocycles. The van der Waals surface area contributed by atoms with E-state index in [1.54, 1.807) is 12.6 Å². The highest BCUT2D eigenvalue weighted by Gasteiger charge is 2.15. The third kappa shape index (κ3) is 4.78. The summed E-state index contributed by atoms with van der Waals surface area (Å²) in [5.41, 5.74) is 8.99. The minimum Gasteiger partial charge on any atom is -0.380 e. The molecule has 2 aromatic rings. The highest BCUT2D eigenvalue weighted by atomic mass is 35.5. The Bertz CT molecular complexity index is 558. The van der Waals surface area contributed by atoms with Crippen LogP contribution in [0.1, 0.15) is 6.42 Å². The first-order valence-corrected chi connectivity index (χ1v) is 7.14. The summed E-state index contributed by atoms with van der Waals surface area (Å²) >= 11 is 1.40. The number of nitrogens with one attached hydrogen (secondary N) is 1. The Morgan fingerprint density at radius 3 is 2.76 bits per heavy atom. The molecule has 0 bridgehead atoms. The number of nitrogens with zero attached hydrogens (tertiary/aromatic N) is 1. The number of anilines is 1. The number of amides is 1. The Labute approximate surface area is 133 Å². The number of ether oxygens (including phenoxy) is 1. The SMILES string of the molecule is COC(CN)CC(=O)Nc1scnc1-c1ccccc1.Cl. The number of methoxy groups -OCH3 is 1. The number of rotatable bonds is 6. The number of aromatic nitrogens is 1. The molecule has 1 aromatic heterocycles. The topological polar surface area (TPSA) is 77.2 Å². The van der Waals surface area contributed by atoms with Crippen molar-refractivity contribution in [3.63, 3.8) is 0 Å². The van der Waals surface area contributed by atoms with E-state index >= 15 is 0 Å². The van der Waals surface area contributed by atoms with Crippen LogP contribution < -0.4 is 11.1 Å². The van der Waals surface area contributed by atoms with Gasteiger partial charge in [-0.05, 0) is 0 Å². The molecule has 1 heterocycles. The van der Waals surface area contributed by atoms with Gasteiger partial charge in [0.15, 0.2) is 0 Å². The first-order chi connectivity index (χ1) is 9.74. The zero-order valence-corrected chi connectivity index (χ0v) is 13.2. The quantitative estimate of drug-likeness (QED) is 0.854. The highest BCUT2D eigenvalue weighted by molar-refractivity contribution is 7.14. The molecule has 1 amide bonds. The zero-order valence-electron chi connectivity index (χ0n) is 11.6. The Kier molecular flexibility index (Phi) is 7.31. The van der Waals surface area contributed by atoms with Crippen molar-refractivity contribution in [3.05, 3.63) is 35.8 Å². The molecule has 3 N–H and O–H groups in total. The average Bonchev–Trinajstić information content (AvgIpc) is 2.93. The second-order valence-electron chi connectivity index (χ2n) is 4.24. The molecule has 0 aliphatic rings. The number of hydrogen-bond acceptors (Lipinski definition) is 5. The monoisotopic (exact) mass is 327 g/mol. The van der Waals surface area contributed by atoms with Crippen LogP contribution >= 0.6 is 23.7 Å². The fourth-order valence-corrected chi connectivity index (χ4v) is 2.50. The van der Waals surface area contributed by atoms with Gasteiger partial charge in [-0.2, -0.15) is 0 Å². The van der Waals surface area contributed by atoms with Gasteiger partial charge < -0.3 is 15.8 Å². The number of benzene rings is 1. The molecular formula is C14H18ClN3O2S. The summed E-state index contributed by atoms with van der Waals surface area (Å²) < 4.78 is 5.11. The number of carbonyl (C=O) groups is 1. The molecule has 114 valence electrons. The molecule has 0 fully saturated rings. The fraction of sp³-hybridized carbons (Fsp3) is 0.286. The van der Waals surface area contributed by atoms with Gasteiger partial charge in [0, 0.05) is 19.2 Å². The van der Waals surface area contributed by atoms with Crippen LogP contribution in [0.2, 0.25) is 0 Å². The van der Waals surface area contributed by atoms with Crippen molar-refractivity contribution in [2.24, 2.45) is 5.73 Å². The van der Waals surface area contributed by atoms with E-state index < -0.39 is 0 Å². The molecule has 5 nitrogen and oxygen atoms in total. The fourth-order valence-electron chi connectivity index (χ4n) is 1.78. The lowest BCUT2D eigenvalue weighted by molar-refractivity contribution is -0.118. The van der Waals surface area contributed by atoms with Crippen molar-refractivity contribution in [1.82, 2.24) is 4.98 Å². The minimum atomic E-state index is -0.261. The van der Waals surface area contributed by atoms with E-state index in [2.05, 4.69) is 10.3 Å². The van der Waals surface area contributed by atoms with Crippen LogP contribution in [-0.4, -0.2) is 30.6 Å². The van der Waals surface area contributed by atoms with Gasteiger partial charge in [0.1, 0.15) is 10.7 Å². The Hall–Kier alpha value is -1.47. The predicted molar refractivity (Wildman–Crippen MR) is 87.9 cm³/mol. The van der Waals surface area contributed by atoms with Gasteiger partial charge in [-0.15, -0.1) is 23.7 Å². The Morgan fingerprint density at radius 1 is 1.43 bits per heavy atom. The molecule has 21 heavy (non-hydrogen) atoms. The van der Waals surface area contributed by atoms with Crippen LogP contribution in [0.5, 0.6) is 0 Å². The first kappa shape index (κ1) is 17.6. The van der Waals surface area contributed by atoms with Crippen LogP contribution in [0.3, 0.4) is 0 Å². The first-order valence-electron chi connectivity index (χ1n) is 6.26. The van der Waals surface area contributed by atoms with Crippen molar-refractivity contribution < 1.29 is 9.53 Å². The van der Waals surface area contributed by atoms with Crippen LogP contribution in [0, 0.1) is 0 Å². The third-order valence-electron chi connectivity index (χ3n) is 2.88. The van der Waals surface area contributed by atoms with Crippen LogP contribution in [-0.2, 0) is 9.53 Å². The van der Waals surface area contributed by atoms with E-state index in [-0.39, 0.29) is 30.8 Å². The maximum Gasteiger partial charge on any atom is 0.227 e. The second kappa shape index (κ2) is 8.74. The molecule has 0 radical (unpaired) electrons. The van der Waals surface area contributed by atoms with Crippen LogP contribution in [0.15, 0.2) is 35.8 Å². The zero-order chi connectivity index (χ0) is 14.4. The molecule has 0 saturated carbocycles. The van der Waals surface area contributed by atoms with Crippen molar-refractivity contribution in [3.8, 4) is 11.3 Å².